The quantitative estimate of drug-likeness (QED) is 0.107. The van der Waals surface area contributed by atoms with Crippen molar-refractivity contribution < 1.29 is 24.2 Å². The van der Waals surface area contributed by atoms with Crippen molar-refractivity contribution in [3.63, 3.8) is 0 Å². The van der Waals surface area contributed by atoms with Crippen LogP contribution in [0.4, 0.5) is 0 Å². The number of para-hydroxylation sites is 1. The van der Waals surface area contributed by atoms with Gasteiger partial charge in [0.1, 0.15) is 18.1 Å². The van der Waals surface area contributed by atoms with Crippen LogP contribution in [0.3, 0.4) is 0 Å². The summed E-state index contributed by atoms with van der Waals surface area (Å²) < 4.78 is 12.8. The van der Waals surface area contributed by atoms with Crippen molar-refractivity contribution in [2.24, 2.45) is 17.8 Å². The average Bonchev–Trinajstić information content (AvgIpc) is 3.80. The summed E-state index contributed by atoms with van der Waals surface area (Å²) in [5, 5.41) is 12.3. The van der Waals surface area contributed by atoms with Crippen molar-refractivity contribution in [1.82, 2.24) is 4.90 Å². The molecule has 0 unspecified atom stereocenters. The van der Waals surface area contributed by atoms with Gasteiger partial charge in [-0.15, -0.1) is 11.3 Å². The fourth-order valence-corrected chi connectivity index (χ4v) is 8.05. The molecular weight excluding hydrogens is 618 g/mol. The average molecular weight is 652 g/mol. The summed E-state index contributed by atoms with van der Waals surface area (Å²) in [7, 11) is 0. The highest BCUT2D eigenvalue weighted by Crippen LogP contribution is 2.50. The number of likely N-dealkylation sites (tertiary alicyclic amines) is 1. The van der Waals surface area contributed by atoms with Crippen LogP contribution in [-0.2, 0) is 20.9 Å². The van der Waals surface area contributed by atoms with E-state index in [1.165, 1.54) is 4.90 Å². The Morgan fingerprint density at radius 3 is 2.50 bits per heavy atom. The van der Waals surface area contributed by atoms with Crippen molar-refractivity contribution in [3.05, 3.63) is 129 Å². The number of rotatable bonds is 10. The molecule has 3 heterocycles. The second-order valence-electron chi connectivity index (χ2n) is 12.0. The first-order valence-corrected chi connectivity index (χ1v) is 16.9. The zero-order chi connectivity index (χ0) is 31.6. The highest BCUT2D eigenvalue weighted by Gasteiger charge is 2.57. The number of phenolic OH excluding ortho intramolecular Hbond substituents is 1. The maximum atomic E-state index is 13.9. The molecule has 2 saturated heterocycles. The molecule has 0 spiro atoms. The summed E-state index contributed by atoms with van der Waals surface area (Å²) in [4.78, 5) is 30.1. The van der Waals surface area contributed by atoms with Gasteiger partial charge in [-0.3, -0.25) is 14.5 Å². The van der Waals surface area contributed by atoms with Crippen molar-refractivity contribution in [1.29, 1.82) is 0 Å². The van der Waals surface area contributed by atoms with Crippen molar-refractivity contribution in [2.45, 2.75) is 31.9 Å². The summed E-state index contributed by atoms with van der Waals surface area (Å²) in [5.41, 5.74) is 5.16. The van der Waals surface area contributed by atoms with Gasteiger partial charge in [0.25, 0.3) is 0 Å². The van der Waals surface area contributed by atoms with Crippen LogP contribution in [0.1, 0.15) is 35.3 Å². The zero-order valence-electron chi connectivity index (χ0n) is 25.2. The summed E-state index contributed by atoms with van der Waals surface area (Å²) in [5.74, 6) is -0.303. The number of fused-ring (bicyclic) bond motifs is 3. The van der Waals surface area contributed by atoms with Crippen LogP contribution in [0.15, 0.2) is 108 Å². The SMILES string of the molecule is O=C1[C@@H]2[C@@H](CC(COc3ccccc3)=C3[C@@H](CC/C(=C/c4ccc(O)cc4Cl)c4ccccc4)OC[C@@H]32)C(=O)N1Cc1cccs1. The van der Waals surface area contributed by atoms with Crippen molar-refractivity contribution >= 4 is 46.4 Å². The Labute approximate surface area is 277 Å². The molecule has 1 aromatic heterocycles. The van der Waals surface area contributed by atoms with Gasteiger partial charge in [0.15, 0.2) is 0 Å². The number of ether oxygens (including phenoxy) is 2. The number of imide groups is 1. The molecule has 4 atom stereocenters. The molecule has 8 heteroatoms. The molecule has 4 aromatic rings. The van der Waals surface area contributed by atoms with Gasteiger partial charge < -0.3 is 14.6 Å². The third kappa shape index (κ3) is 6.15. The lowest BCUT2D eigenvalue weighted by molar-refractivity contribution is -0.140. The van der Waals surface area contributed by atoms with Gasteiger partial charge in [-0.2, -0.15) is 0 Å². The van der Waals surface area contributed by atoms with Crippen LogP contribution in [0.5, 0.6) is 11.5 Å². The van der Waals surface area contributed by atoms with E-state index in [4.69, 9.17) is 21.1 Å². The monoisotopic (exact) mass is 651 g/mol. The van der Waals surface area contributed by atoms with Gasteiger partial charge in [-0.1, -0.05) is 66.2 Å². The summed E-state index contributed by atoms with van der Waals surface area (Å²) >= 11 is 8.06. The second kappa shape index (κ2) is 13.3. The minimum atomic E-state index is -0.423. The number of nitrogens with zero attached hydrogens (tertiary/aromatic N) is 1. The van der Waals surface area contributed by atoms with Gasteiger partial charge in [-0.25, -0.2) is 0 Å². The predicted molar refractivity (Wildman–Crippen MR) is 180 cm³/mol. The number of benzene rings is 3. The Morgan fingerprint density at radius 2 is 1.76 bits per heavy atom. The van der Waals surface area contributed by atoms with Gasteiger partial charge in [0.2, 0.25) is 11.8 Å². The van der Waals surface area contributed by atoms with E-state index in [9.17, 15) is 14.7 Å². The topological polar surface area (TPSA) is 76.1 Å². The maximum absolute atomic E-state index is 13.9. The number of hydrogen-bond acceptors (Lipinski definition) is 6. The number of phenols is 1. The first-order chi connectivity index (χ1) is 22.5. The number of halogens is 1. The molecule has 7 rings (SSSR count). The van der Waals surface area contributed by atoms with Gasteiger partial charge in [0.05, 0.1) is 36.1 Å². The molecule has 2 amide bonds. The molecule has 0 radical (unpaired) electrons. The number of allylic oxidation sites excluding steroid dienone is 1. The third-order valence-corrected chi connectivity index (χ3v) is 10.5. The first kappa shape index (κ1) is 30.5. The van der Waals surface area contributed by atoms with E-state index in [-0.39, 0.29) is 29.6 Å². The minimum Gasteiger partial charge on any atom is -0.508 e. The third-order valence-electron chi connectivity index (χ3n) is 9.28. The van der Waals surface area contributed by atoms with Crippen LogP contribution in [0.2, 0.25) is 5.02 Å². The highest BCUT2D eigenvalue weighted by atomic mass is 35.5. The molecule has 3 aromatic carbocycles. The lowest BCUT2D eigenvalue weighted by atomic mass is 9.69. The molecule has 46 heavy (non-hydrogen) atoms. The number of carbonyl (C=O) groups is 2. The Hall–Kier alpha value is -4.17. The fraction of sp³-hybridized carbons (Fsp3) is 0.263. The zero-order valence-corrected chi connectivity index (χ0v) is 26.8. The lowest BCUT2D eigenvalue weighted by Crippen LogP contribution is -2.35. The summed E-state index contributed by atoms with van der Waals surface area (Å²) in [6.45, 7) is 1.06. The minimum absolute atomic E-state index is 0.0926. The van der Waals surface area contributed by atoms with E-state index >= 15 is 0 Å². The van der Waals surface area contributed by atoms with E-state index in [0.717, 1.165) is 38.5 Å². The number of thiophene rings is 1. The van der Waals surface area contributed by atoms with Crippen LogP contribution in [0.25, 0.3) is 11.6 Å². The maximum Gasteiger partial charge on any atom is 0.234 e. The molecular formula is C38H34ClNO5S. The smallest absolute Gasteiger partial charge is 0.234 e. The molecule has 0 saturated carbocycles. The van der Waals surface area contributed by atoms with E-state index in [2.05, 4.69) is 18.2 Å². The largest absolute Gasteiger partial charge is 0.508 e. The van der Waals surface area contributed by atoms with Crippen molar-refractivity contribution in [3.8, 4) is 11.5 Å². The Morgan fingerprint density at radius 1 is 0.978 bits per heavy atom. The molecule has 1 aliphatic carbocycles. The Balaban J connectivity index is 1.19. The van der Waals surface area contributed by atoms with Crippen LogP contribution in [-0.4, -0.2) is 41.1 Å². The number of aromatic hydroxyl groups is 1. The number of hydrogen-bond donors (Lipinski definition) is 1. The molecule has 3 aliphatic rings. The number of amides is 2. The first-order valence-electron chi connectivity index (χ1n) is 15.6. The molecule has 2 aliphatic heterocycles. The van der Waals surface area contributed by atoms with Gasteiger partial charge in [0, 0.05) is 10.8 Å². The molecule has 1 N–H and O–H groups in total. The molecule has 2 fully saturated rings. The van der Waals surface area contributed by atoms with E-state index in [1.54, 1.807) is 23.5 Å². The predicted octanol–water partition coefficient (Wildman–Crippen LogP) is 8.02. The molecule has 0 bridgehead atoms. The van der Waals surface area contributed by atoms with Crippen LogP contribution >= 0.6 is 22.9 Å². The standard InChI is InChI=1S/C38H34ClNO5S/c39-33-20-28(41)15-13-26(33)18-25(24-8-3-1-4-9-24)14-16-34-35-27(22-44-29-10-5-2-6-11-29)19-31-36(32(35)23-45-34)38(43)40(37(31)42)21-30-12-7-17-46-30/h1-13,15,17-18,20,31-32,34,36,41H,14,16,19,21-23H2/b25-18-/t31-,32+,34-,36-/m1/s1. The molecule has 234 valence electrons. The van der Waals surface area contributed by atoms with E-state index in [1.807, 2.05) is 72.1 Å². The highest BCUT2D eigenvalue weighted by molar-refractivity contribution is 7.09. The number of carbonyl (C=O) groups excluding carboxylic acids is 2. The van der Waals surface area contributed by atoms with E-state index in [0.29, 0.717) is 44.0 Å². The van der Waals surface area contributed by atoms with E-state index < -0.39 is 11.8 Å². The Kier molecular flexibility index (Phi) is 8.80. The van der Waals surface area contributed by atoms with Gasteiger partial charge in [-0.05, 0) is 95.0 Å². The Bertz CT molecular complexity index is 1790. The summed E-state index contributed by atoms with van der Waals surface area (Å²) in [6, 6.07) is 28.7. The second-order valence-corrected chi connectivity index (χ2v) is 13.5. The van der Waals surface area contributed by atoms with Crippen LogP contribution < -0.4 is 4.74 Å². The molecule has 6 nitrogen and oxygen atoms in total. The lowest BCUT2D eigenvalue weighted by Gasteiger charge is -2.32. The normalized spacial score (nSPS) is 22.7. The summed E-state index contributed by atoms with van der Waals surface area (Å²) in [6.07, 6.45) is 3.72. The van der Waals surface area contributed by atoms with Gasteiger partial charge >= 0.3 is 0 Å². The fourth-order valence-electron chi connectivity index (χ4n) is 7.13. The van der Waals surface area contributed by atoms with Crippen molar-refractivity contribution in [2.75, 3.05) is 13.2 Å². The van der Waals surface area contributed by atoms with Crippen LogP contribution in [0, 0.1) is 17.8 Å².